The second-order valence-corrected chi connectivity index (χ2v) is 3.86. The van der Waals surface area contributed by atoms with Crippen LogP contribution in [0.4, 0.5) is 0 Å². The van der Waals surface area contributed by atoms with E-state index < -0.39 is 17.4 Å². The van der Waals surface area contributed by atoms with Crippen molar-refractivity contribution in [2.75, 3.05) is 0 Å². The minimum absolute atomic E-state index is 0. The molecule has 4 nitrogen and oxygen atoms in total. The summed E-state index contributed by atoms with van der Waals surface area (Å²) in [6.45, 7) is 4.95. The molecule has 0 fully saturated rings. The van der Waals surface area contributed by atoms with Gasteiger partial charge >= 0.3 is 49.7 Å². The monoisotopic (exact) mass is 244 g/mol. The molecule has 0 amide bonds. The summed E-state index contributed by atoms with van der Waals surface area (Å²) in [6.07, 6.45) is 2.43. The Morgan fingerprint density at radius 2 is 1.73 bits per heavy atom. The number of hydrogen-bond donors (Lipinski definition) is 2. The van der Waals surface area contributed by atoms with Crippen LogP contribution < -0.4 is 0 Å². The third kappa shape index (κ3) is 4.29. The van der Waals surface area contributed by atoms with Gasteiger partial charge in [0.15, 0.2) is 5.41 Å². The van der Waals surface area contributed by atoms with Gasteiger partial charge in [-0.2, -0.15) is 0 Å². The van der Waals surface area contributed by atoms with Crippen molar-refractivity contribution in [3.63, 3.8) is 0 Å². The molecular formula is C10H20CaO4. The molecule has 0 rings (SSSR count). The summed E-state index contributed by atoms with van der Waals surface area (Å²) in [4.78, 5) is 21.8. The van der Waals surface area contributed by atoms with Crippen molar-refractivity contribution in [1.29, 1.82) is 0 Å². The van der Waals surface area contributed by atoms with Crippen LogP contribution in [0.2, 0.25) is 0 Å². The van der Waals surface area contributed by atoms with E-state index in [9.17, 15) is 9.59 Å². The molecule has 0 bridgehead atoms. The molecule has 1 unspecified atom stereocenters. The number of rotatable bonds is 6. The maximum atomic E-state index is 10.9. The predicted molar refractivity (Wildman–Crippen MR) is 60.0 cm³/mol. The van der Waals surface area contributed by atoms with Crippen LogP contribution in [0.15, 0.2) is 0 Å². The summed E-state index contributed by atoms with van der Waals surface area (Å²) in [6, 6.07) is 0. The average molecular weight is 244 g/mol. The molecule has 1 atom stereocenters. The molecule has 0 radical (unpaired) electrons. The van der Waals surface area contributed by atoms with Gasteiger partial charge in [-0.25, -0.2) is 0 Å². The van der Waals surface area contributed by atoms with Crippen molar-refractivity contribution in [1.82, 2.24) is 0 Å². The van der Waals surface area contributed by atoms with Gasteiger partial charge in [-0.3, -0.25) is 9.59 Å². The third-order valence-electron chi connectivity index (χ3n) is 2.86. The Hall–Kier alpha value is 0.200. The van der Waals surface area contributed by atoms with Crippen molar-refractivity contribution in [3.05, 3.63) is 0 Å². The second kappa shape index (κ2) is 7.47. The topological polar surface area (TPSA) is 74.6 Å². The molecule has 0 aromatic carbocycles. The number of carbonyl (C=O) groups is 2. The fourth-order valence-electron chi connectivity index (χ4n) is 1.31. The maximum absolute atomic E-state index is 10.9. The van der Waals surface area contributed by atoms with Crippen molar-refractivity contribution < 1.29 is 22.7 Å². The Morgan fingerprint density at radius 1 is 1.33 bits per heavy atom. The van der Waals surface area contributed by atoms with Gasteiger partial charge in [0.2, 0.25) is 0 Å². The van der Waals surface area contributed by atoms with E-state index in [0.29, 0.717) is 6.42 Å². The number of unbranched alkanes of at least 4 members (excludes halogenated alkanes) is 1. The van der Waals surface area contributed by atoms with Gasteiger partial charge < -0.3 is 13.1 Å². The molecule has 0 saturated carbocycles. The summed E-state index contributed by atoms with van der Waals surface area (Å²) in [5, 5.41) is 17.8. The van der Waals surface area contributed by atoms with E-state index in [1.165, 1.54) is 6.92 Å². The van der Waals surface area contributed by atoms with Gasteiger partial charge in [-0.1, -0.05) is 26.7 Å². The number of carboxylic acid groups (broad SMARTS) is 2. The molecule has 15 heavy (non-hydrogen) atoms. The first kappa shape index (κ1) is 17.6. The molecule has 86 valence electrons. The van der Waals surface area contributed by atoms with Gasteiger partial charge in [0, 0.05) is 0 Å². The third-order valence-corrected chi connectivity index (χ3v) is 2.86. The zero-order valence-electron chi connectivity index (χ0n) is 11.6. The molecule has 2 N–H and O–H groups in total. The van der Waals surface area contributed by atoms with Crippen molar-refractivity contribution in [3.8, 4) is 0 Å². The molecule has 5 heteroatoms. The normalized spacial score (nSPS) is 12.7. The van der Waals surface area contributed by atoms with Gasteiger partial charge in [0.05, 0.1) is 0 Å². The Balaban J connectivity index is -0.000000282. The van der Waals surface area contributed by atoms with Crippen LogP contribution in [0.1, 0.15) is 42.9 Å². The quantitative estimate of drug-likeness (QED) is 0.552. The van der Waals surface area contributed by atoms with Crippen LogP contribution in [0.3, 0.4) is 0 Å². The van der Waals surface area contributed by atoms with E-state index >= 15 is 0 Å². The summed E-state index contributed by atoms with van der Waals surface area (Å²) in [5.41, 5.74) is -1.66. The van der Waals surface area contributed by atoms with Crippen LogP contribution in [0, 0.1) is 11.3 Å². The Labute approximate surface area is 123 Å². The number of hydrogen-bond acceptors (Lipinski definition) is 2. The number of carboxylic acids is 2. The first-order valence-electron chi connectivity index (χ1n) is 4.84. The molecule has 0 spiro atoms. The zero-order chi connectivity index (χ0) is 11.4. The molecule has 0 saturated heterocycles. The zero-order valence-corrected chi connectivity index (χ0v) is 11.8. The van der Waals surface area contributed by atoms with E-state index in [1.807, 2.05) is 6.92 Å². The van der Waals surface area contributed by atoms with Crippen LogP contribution in [-0.4, -0.2) is 59.9 Å². The molecule has 0 aromatic heterocycles. The molecule has 0 aromatic rings. The van der Waals surface area contributed by atoms with Crippen LogP contribution in [0.25, 0.3) is 0 Å². The molecular weight excluding hydrogens is 224 g/mol. The van der Waals surface area contributed by atoms with E-state index in [1.54, 1.807) is 6.92 Å². The Kier molecular flexibility index (Phi) is 8.76. The number of aliphatic carboxylic acids is 2. The van der Waals surface area contributed by atoms with E-state index in [-0.39, 0.29) is 46.5 Å². The summed E-state index contributed by atoms with van der Waals surface area (Å²) >= 11 is 0. The van der Waals surface area contributed by atoms with Gasteiger partial charge in [0.1, 0.15) is 0 Å². The van der Waals surface area contributed by atoms with Crippen molar-refractivity contribution >= 4 is 49.7 Å². The van der Waals surface area contributed by atoms with E-state index in [0.717, 1.165) is 12.8 Å². The fraction of sp³-hybridized carbons (Fsp3) is 0.800. The molecule has 0 aliphatic carbocycles. The fourth-order valence-corrected chi connectivity index (χ4v) is 1.31. The SMILES string of the molecule is CCCCC(C)C(C)(C(=O)O)C(=O)O.[Ca+2].[H-].[H-]. The van der Waals surface area contributed by atoms with Crippen LogP contribution >= 0.6 is 0 Å². The first-order chi connectivity index (χ1) is 6.37. The van der Waals surface area contributed by atoms with E-state index in [4.69, 9.17) is 10.2 Å². The summed E-state index contributed by atoms with van der Waals surface area (Å²) < 4.78 is 0. The van der Waals surface area contributed by atoms with Crippen LogP contribution in [0.5, 0.6) is 0 Å². The van der Waals surface area contributed by atoms with Crippen molar-refractivity contribution in [2.24, 2.45) is 11.3 Å². The standard InChI is InChI=1S/C10H18O4.Ca.2H/c1-4-5-6-7(2)10(3,8(11)12)9(13)14;;;/h7H,4-6H2,1-3H3,(H,11,12)(H,13,14);;;/q;+2;2*-1. The predicted octanol–water partition coefficient (Wildman–Crippen LogP) is 1.83. The summed E-state index contributed by atoms with van der Waals surface area (Å²) in [7, 11) is 0. The van der Waals surface area contributed by atoms with E-state index in [2.05, 4.69) is 0 Å². The summed E-state index contributed by atoms with van der Waals surface area (Å²) in [5.74, 6) is -2.86. The smallest absolute Gasteiger partial charge is 1.00 e. The molecule has 0 heterocycles. The van der Waals surface area contributed by atoms with Gasteiger partial charge in [-0.05, 0) is 19.3 Å². The average Bonchev–Trinajstić information content (AvgIpc) is 2.11. The molecule has 0 aliphatic heterocycles. The molecule has 0 aliphatic rings. The minimum atomic E-state index is -1.66. The maximum Gasteiger partial charge on any atom is 2.00 e. The van der Waals surface area contributed by atoms with Crippen LogP contribution in [-0.2, 0) is 9.59 Å². The Morgan fingerprint density at radius 3 is 2.00 bits per heavy atom. The van der Waals surface area contributed by atoms with Crippen molar-refractivity contribution in [2.45, 2.75) is 40.0 Å². The second-order valence-electron chi connectivity index (χ2n) is 3.86. The Bertz CT molecular complexity index is 222. The van der Waals surface area contributed by atoms with Gasteiger partial charge in [0.25, 0.3) is 0 Å². The minimum Gasteiger partial charge on any atom is -1.00 e. The first-order valence-corrected chi connectivity index (χ1v) is 4.84. The largest absolute Gasteiger partial charge is 2.00 e. The van der Waals surface area contributed by atoms with Gasteiger partial charge in [-0.15, -0.1) is 0 Å².